The minimum Gasteiger partial charge on any atom is -0.446 e. The lowest BCUT2D eigenvalue weighted by Gasteiger charge is -2.12. The summed E-state index contributed by atoms with van der Waals surface area (Å²) in [5.74, 6) is 0.194. The highest BCUT2D eigenvalue weighted by Crippen LogP contribution is 2.10. The van der Waals surface area contributed by atoms with Crippen molar-refractivity contribution in [3.05, 3.63) is 17.8 Å². The molecule has 0 fully saturated rings. The zero-order chi connectivity index (χ0) is 14.3. The van der Waals surface area contributed by atoms with Crippen molar-refractivity contribution < 1.29 is 9.21 Å². The third-order valence-corrected chi connectivity index (χ3v) is 3.01. The van der Waals surface area contributed by atoms with Gasteiger partial charge in [-0.1, -0.05) is 32.6 Å². The van der Waals surface area contributed by atoms with Gasteiger partial charge in [-0.25, -0.2) is 4.98 Å². The van der Waals surface area contributed by atoms with Crippen LogP contribution in [-0.4, -0.2) is 16.9 Å². The van der Waals surface area contributed by atoms with Crippen molar-refractivity contribution in [1.29, 1.82) is 0 Å². The second kappa shape index (κ2) is 7.94. The maximum absolute atomic E-state index is 11.9. The standard InChI is InChI=1S/C14H25N3O2/c1-4-5-6-7-8-10(2)16-13(18)12-9-19-14(17-12)11(3)15/h9-11H,4-8,15H2,1-3H3,(H,16,18). The van der Waals surface area contributed by atoms with Gasteiger partial charge in [-0.05, 0) is 20.3 Å². The largest absolute Gasteiger partial charge is 0.446 e. The van der Waals surface area contributed by atoms with Gasteiger partial charge in [0.15, 0.2) is 5.69 Å². The number of nitrogens with two attached hydrogens (primary N) is 1. The molecule has 0 aromatic carbocycles. The number of aromatic nitrogens is 1. The van der Waals surface area contributed by atoms with Gasteiger partial charge >= 0.3 is 0 Å². The Morgan fingerprint density at radius 1 is 1.42 bits per heavy atom. The van der Waals surface area contributed by atoms with Crippen LogP contribution >= 0.6 is 0 Å². The Hall–Kier alpha value is -1.36. The van der Waals surface area contributed by atoms with E-state index in [1.807, 2.05) is 6.92 Å². The lowest BCUT2D eigenvalue weighted by atomic mass is 10.1. The third kappa shape index (κ3) is 5.42. The van der Waals surface area contributed by atoms with E-state index in [9.17, 15) is 4.79 Å². The first-order valence-corrected chi connectivity index (χ1v) is 7.06. The van der Waals surface area contributed by atoms with Gasteiger partial charge in [0.1, 0.15) is 6.26 Å². The van der Waals surface area contributed by atoms with E-state index < -0.39 is 0 Å². The number of hydrogen-bond acceptors (Lipinski definition) is 4. The van der Waals surface area contributed by atoms with Gasteiger partial charge in [0.2, 0.25) is 5.89 Å². The van der Waals surface area contributed by atoms with Crippen molar-refractivity contribution in [2.75, 3.05) is 0 Å². The van der Waals surface area contributed by atoms with Crippen LogP contribution in [0.2, 0.25) is 0 Å². The summed E-state index contributed by atoms with van der Waals surface area (Å²) in [5.41, 5.74) is 5.93. The fraction of sp³-hybridized carbons (Fsp3) is 0.714. The van der Waals surface area contributed by atoms with E-state index in [4.69, 9.17) is 10.2 Å². The molecule has 0 bridgehead atoms. The summed E-state index contributed by atoms with van der Waals surface area (Å²) in [6.45, 7) is 5.96. The van der Waals surface area contributed by atoms with Crippen LogP contribution in [0.25, 0.3) is 0 Å². The number of unbranched alkanes of at least 4 members (excludes halogenated alkanes) is 3. The number of carbonyl (C=O) groups is 1. The van der Waals surface area contributed by atoms with Gasteiger partial charge in [0, 0.05) is 6.04 Å². The Morgan fingerprint density at radius 2 is 2.16 bits per heavy atom. The van der Waals surface area contributed by atoms with Gasteiger partial charge in [-0.3, -0.25) is 4.79 Å². The van der Waals surface area contributed by atoms with E-state index >= 15 is 0 Å². The Bertz CT molecular complexity index is 388. The third-order valence-electron chi connectivity index (χ3n) is 3.01. The molecule has 1 aromatic heterocycles. The molecule has 2 unspecified atom stereocenters. The maximum atomic E-state index is 11.9. The van der Waals surface area contributed by atoms with E-state index in [0.29, 0.717) is 11.6 Å². The molecule has 0 aliphatic heterocycles. The predicted molar refractivity (Wildman–Crippen MR) is 74.8 cm³/mol. The first-order chi connectivity index (χ1) is 9.04. The molecule has 0 aliphatic rings. The Kier molecular flexibility index (Phi) is 6.56. The molecular formula is C14H25N3O2. The highest BCUT2D eigenvalue weighted by atomic mass is 16.3. The number of carbonyl (C=O) groups excluding carboxylic acids is 1. The first kappa shape index (κ1) is 15.7. The molecule has 0 spiro atoms. The Labute approximate surface area is 115 Å². The molecule has 5 heteroatoms. The van der Waals surface area contributed by atoms with Crippen LogP contribution in [0.4, 0.5) is 0 Å². The molecule has 2 atom stereocenters. The summed E-state index contributed by atoms with van der Waals surface area (Å²) in [6.07, 6.45) is 7.18. The normalized spacial score (nSPS) is 14.1. The average Bonchev–Trinajstić information content (AvgIpc) is 2.84. The summed E-state index contributed by atoms with van der Waals surface area (Å²) < 4.78 is 5.14. The molecule has 0 saturated carbocycles. The van der Waals surface area contributed by atoms with Crippen molar-refractivity contribution in [2.45, 2.75) is 65.0 Å². The first-order valence-electron chi connectivity index (χ1n) is 7.06. The molecule has 0 aliphatic carbocycles. The maximum Gasteiger partial charge on any atom is 0.273 e. The van der Waals surface area contributed by atoms with Gasteiger partial charge in [0.05, 0.1) is 6.04 Å². The van der Waals surface area contributed by atoms with E-state index in [1.165, 1.54) is 25.5 Å². The van der Waals surface area contributed by atoms with Gasteiger partial charge < -0.3 is 15.5 Å². The number of nitrogens with zero attached hydrogens (tertiary/aromatic N) is 1. The second-order valence-electron chi connectivity index (χ2n) is 5.08. The summed E-state index contributed by atoms with van der Waals surface area (Å²) in [4.78, 5) is 16.0. The number of nitrogens with one attached hydrogen (secondary N) is 1. The van der Waals surface area contributed by atoms with Crippen LogP contribution in [0.15, 0.2) is 10.7 Å². The van der Waals surface area contributed by atoms with E-state index in [1.54, 1.807) is 6.92 Å². The summed E-state index contributed by atoms with van der Waals surface area (Å²) >= 11 is 0. The van der Waals surface area contributed by atoms with Crippen molar-refractivity contribution >= 4 is 5.91 Å². The predicted octanol–water partition coefficient (Wildman–Crippen LogP) is 2.78. The summed E-state index contributed by atoms with van der Waals surface area (Å²) in [6, 6.07) is -0.146. The number of rotatable bonds is 8. The lowest BCUT2D eigenvalue weighted by molar-refractivity contribution is 0.0933. The fourth-order valence-corrected chi connectivity index (χ4v) is 1.85. The highest BCUT2D eigenvalue weighted by Gasteiger charge is 2.15. The van der Waals surface area contributed by atoms with Crippen LogP contribution in [-0.2, 0) is 0 Å². The summed E-state index contributed by atoms with van der Waals surface area (Å²) in [7, 11) is 0. The molecule has 5 nitrogen and oxygen atoms in total. The van der Waals surface area contributed by atoms with Crippen LogP contribution in [0, 0.1) is 0 Å². The molecule has 1 amide bonds. The minimum absolute atomic E-state index is 0.153. The highest BCUT2D eigenvalue weighted by molar-refractivity contribution is 5.92. The molecule has 1 heterocycles. The van der Waals surface area contributed by atoms with Crippen LogP contribution in [0.1, 0.15) is 75.3 Å². The summed E-state index contributed by atoms with van der Waals surface area (Å²) in [5, 5.41) is 2.92. The second-order valence-corrected chi connectivity index (χ2v) is 5.08. The molecule has 0 saturated heterocycles. The molecule has 1 rings (SSSR count). The van der Waals surface area contributed by atoms with Gasteiger partial charge in [-0.2, -0.15) is 0 Å². The monoisotopic (exact) mass is 267 g/mol. The van der Waals surface area contributed by atoms with Crippen LogP contribution in [0.5, 0.6) is 0 Å². The van der Waals surface area contributed by atoms with Crippen LogP contribution in [0.3, 0.4) is 0 Å². The fourth-order valence-electron chi connectivity index (χ4n) is 1.85. The molecule has 1 aromatic rings. The SMILES string of the molecule is CCCCCCC(C)NC(=O)c1coc(C(C)N)n1. The number of hydrogen-bond donors (Lipinski definition) is 2. The van der Waals surface area contributed by atoms with E-state index in [0.717, 1.165) is 12.8 Å². The molecular weight excluding hydrogens is 242 g/mol. The molecule has 108 valence electrons. The number of oxazole rings is 1. The Morgan fingerprint density at radius 3 is 2.74 bits per heavy atom. The van der Waals surface area contributed by atoms with Crippen molar-refractivity contribution in [3.63, 3.8) is 0 Å². The van der Waals surface area contributed by atoms with Crippen molar-refractivity contribution in [2.24, 2.45) is 5.73 Å². The zero-order valence-electron chi connectivity index (χ0n) is 12.1. The lowest BCUT2D eigenvalue weighted by Crippen LogP contribution is -2.32. The van der Waals surface area contributed by atoms with Crippen LogP contribution < -0.4 is 11.1 Å². The quantitative estimate of drug-likeness (QED) is 0.710. The van der Waals surface area contributed by atoms with Crippen molar-refractivity contribution in [1.82, 2.24) is 10.3 Å². The average molecular weight is 267 g/mol. The molecule has 3 N–H and O–H groups in total. The topological polar surface area (TPSA) is 81.2 Å². The minimum atomic E-state index is -0.298. The van der Waals surface area contributed by atoms with Crippen molar-refractivity contribution in [3.8, 4) is 0 Å². The Balaban J connectivity index is 2.36. The molecule has 19 heavy (non-hydrogen) atoms. The number of amides is 1. The van der Waals surface area contributed by atoms with Gasteiger partial charge in [-0.15, -0.1) is 0 Å². The smallest absolute Gasteiger partial charge is 0.273 e. The van der Waals surface area contributed by atoms with E-state index in [2.05, 4.69) is 17.2 Å². The molecule has 0 radical (unpaired) electrons. The van der Waals surface area contributed by atoms with E-state index in [-0.39, 0.29) is 18.0 Å². The van der Waals surface area contributed by atoms with Gasteiger partial charge in [0.25, 0.3) is 5.91 Å². The zero-order valence-corrected chi connectivity index (χ0v) is 12.1.